The molecule has 0 saturated heterocycles. The van der Waals surface area contributed by atoms with Gasteiger partial charge in [0.1, 0.15) is 5.69 Å². The van der Waals surface area contributed by atoms with E-state index in [0.29, 0.717) is 29.0 Å². The highest BCUT2D eigenvalue weighted by Gasteiger charge is 2.31. The lowest BCUT2D eigenvalue weighted by atomic mass is 10.0. The molecule has 27 heavy (non-hydrogen) atoms. The van der Waals surface area contributed by atoms with Crippen molar-refractivity contribution in [1.82, 2.24) is 15.1 Å². The number of alkyl halides is 3. The Balaban J connectivity index is 2.07. The predicted molar refractivity (Wildman–Crippen MR) is 90.6 cm³/mol. The van der Waals surface area contributed by atoms with Crippen molar-refractivity contribution in [2.24, 2.45) is 0 Å². The van der Waals surface area contributed by atoms with Gasteiger partial charge in [-0.05, 0) is 25.0 Å². The van der Waals surface area contributed by atoms with Gasteiger partial charge in [-0.15, -0.1) is 0 Å². The van der Waals surface area contributed by atoms with Gasteiger partial charge in [-0.3, -0.25) is 9.59 Å². The van der Waals surface area contributed by atoms with Crippen molar-refractivity contribution < 1.29 is 22.5 Å². The number of fused-ring (bicyclic) bond motifs is 1. The number of anilines is 1. The third-order valence-corrected chi connectivity index (χ3v) is 3.95. The molecule has 0 atom stereocenters. The second-order valence-corrected chi connectivity index (χ2v) is 6.28. The Morgan fingerprint density at radius 2 is 2.00 bits per heavy atom. The van der Waals surface area contributed by atoms with Gasteiger partial charge in [-0.2, -0.15) is 13.2 Å². The van der Waals surface area contributed by atoms with E-state index >= 15 is 0 Å². The van der Waals surface area contributed by atoms with E-state index < -0.39 is 28.9 Å². The number of nitrogens with one attached hydrogen (secondary N) is 2. The van der Waals surface area contributed by atoms with Gasteiger partial charge in [0, 0.05) is 11.9 Å². The fourth-order valence-corrected chi connectivity index (χ4v) is 2.52. The third kappa shape index (κ3) is 3.55. The van der Waals surface area contributed by atoms with Crippen molar-refractivity contribution in [1.29, 1.82) is 0 Å². The van der Waals surface area contributed by atoms with E-state index in [4.69, 9.17) is 4.52 Å². The van der Waals surface area contributed by atoms with E-state index in [9.17, 15) is 22.8 Å². The van der Waals surface area contributed by atoms with E-state index in [1.54, 1.807) is 6.92 Å². The van der Waals surface area contributed by atoms with Crippen LogP contribution in [0, 0.1) is 6.92 Å². The lowest BCUT2D eigenvalue weighted by Gasteiger charge is -2.11. The number of amides is 1. The summed E-state index contributed by atoms with van der Waals surface area (Å²) in [6.07, 6.45) is -4.12. The van der Waals surface area contributed by atoms with Gasteiger partial charge in [-0.25, -0.2) is 4.98 Å². The average molecular weight is 380 g/mol. The van der Waals surface area contributed by atoms with Crippen LogP contribution in [0.5, 0.6) is 0 Å². The second kappa shape index (κ2) is 6.53. The van der Waals surface area contributed by atoms with Crippen LogP contribution in [0.3, 0.4) is 0 Å². The van der Waals surface area contributed by atoms with Gasteiger partial charge < -0.3 is 14.8 Å². The van der Waals surface area contributed by atoms with Crippen LogP contribution in [0.2, 0.25) is 0 Å². The molecule has 0 bridgehead atoms. The van der Waals surface area contributed by atoms with Crippen LogP contribution in [0.4, 0.5) is 18.9 Å². The first kappa shape index (κ1) is 18.6. The summed E-state index contributed by atoms with van der Waals surface area (Å²) in [6.45, 7) is 5.32. The van der Waals surface area contributed by atoms with Crippen molar-refractivity contribution in [3.8, 4) is 0 Å². The number of aryl methyl sites for hydroxylation is 1. The molecule has 3 aromatic rings. The molecule has 0 saturated carbocycles. The highest BCUT2D eigenvalue weighted by molar-refractivity contribution is 6.12. The van der Waals surface area contributed by atoms with Gasteiger partial charge in [0.05, 0.1) is 22.2 Å². The van der Waals surface area contributed by atoms with Crippen LogP contribution in [0.1, 0.15) is 47.1 Å². The molecule has 3 aromatic heterocycles. The highest BCUT2D eigenvalue weighted by Crippen LogP contribution is 2.30. The maximum Gasteiger partial charge on any atom is 0.417 e. The summed E-state index contributed by atoms with van der Waals surface area (Å²) in [7, 11) is 0. The molecule has 0 spiro atoms. The zero-order valence-electron chi connectivity index (χ0n) is 14.6. The molecule has 10 heteroatoms. The van der Waals surface area contributed by atoms with Crippen LogP contribution >= 0.6 is 0 Å². The highest BCUT2D eigenvalue weighted by atomic mass is 19.4. The lowest BCUT2D eigenvalue weighted by molar-refractivity contribution is -0.137. The molecule has 0 fully saturated rings. The molecule has 142 valence electrons. The van der Waals surface area contributed by atoms with Crippen molar-refractivity contribution >= 4 is 22.7 Å². The van der Waals surface area contributed by atoms with Crippen LogP contribution in [0.25, 0.3) is 11.1 Å². The predicted octanol–water partition coefficient (Wildman–Crippen LogP) is 3.61. The Bertz CT molecular complexity index is 1080. The molecule has 0 aromatic carbocycles. The minimum Gasteiger partial charge on any atom is -0.336 e. The van der Waals surface area contributed by atoms with Crippen molar-refractivity contribution in [3.63, 3.8) is 0 Å². The Morgan fingerprint density at radius 3 is 2.63 bits per heavy atom. The Labute approximate surface area is 150 Å². The molecule has 7 nitrogen and oxygen atoms in total. The number of hydrogen-bond acceptors (Lipinski definition) is 5. The molecule has 0 radical (unpaired) electrons. The summed E-state index contributed by atoms with van der Waals surface area (Å²) in [5.41, 5.74) is -1.26. The van der Waals surface area contributed by atoms with E-state index in [1.807, 2.05) is 18.8 Å². The summed E-state index contributed by atoms with van der Waals surface area (Å²) >= 11 is 0. The van der Waals surface area contributed by atoms with Crippen LogP contribution in [-0.2, 0) is 6.18 Å². The van der Waals surface area contributed by atoms with Crippen molar-refractivity contribution in [2.75, 3.05) is 5.32 Å². The van der Waals surface area contributed by atoms with Crippen LogP contribution < -0.4 is 10.9 Å². The maximum absolute atomic E-state index is 12.9. The molecule has 3 heterocycles. The molecule has 2 N–H and O–H groups in total. The normalized spacial score (nSPS) is 12.0. The first-order valence-electron chi connectivity index (χ1n) is 7.96. The molecule has 0 unspecified atom stereocenters. The topological polar surface area (TPSA) is 101 Å². The van der Waals surface area contributed by atoms with Gasteiger partial charge in [0.15, 0.2) is 0 Å². The third-order valence-electron chi connectivity index (χ3n) is 3.95. The van der Waals surface area contributed by atoms with E-state index in [0.717, 1.165) is 0 Å². The number of carbonyl (C=O) groups is 1. The number of aromatic nitrogens is 3. The van der Waals surface area contributed by atoms with E-state index in [2.05, 4.69) is 15.5 Å². The molecule has 0 aliphatic rings. The first-order chi connectivity index (χ1) is 12.6. The van der Waals surface area contributed by atoms with Crippen LogP contribution in [0.15, 0.2) is 27.6 Å². The lowest BCUT2D eigenvalue weighted by Crippen LogP contribution is -2.22. The van der Waals surface area contributed by atoms with Gasteiger partial charge in [-0.1, -0.05) is 19.0 Å². The number of H-pyrrole nitrogens is 1. The monoisotopic (exact) mass is 380 g/mol. The quantitative estimate of drug-likeness (QED) is 0.723. The summed E-state index contributed by atoms with van der Waals surface area (Å²) in [4.78, 5) is 30.8. The molecule has 0 aliphatic carbocycles. The number of carbonyl (C=O) groups excluding carboxylic acids is 1. The minimum atomic E-state index is -4.66. The minimum absolute atomic E-state index is 0.0386. The summed E-state index contributed by atoms with van der Waals surface area (Å²) < 4.78 is 43.7. The van der Waals surface area contributed by atoms with E-state index in [1.165, 1.54) is 6.07 Å². The molecule has 1 amide bonds. The molecule has 3 rings (SSSR count). The SMILES string of the molecule is Cc1noc2nc(C(C)C)cc(C(=O)Nc3cc(C(F)(F)F)c[nH]c3=O)c12. The number of nitrogens with zero attached hydrogens (tertiary/aromatic N) is 2. The fourth-order valence-electron chi connectivity index (χ4n) is 2.52. The summed E-state index contributed by atoms with van der Waals surface area (Å²) in [6, 6.07) is 2.09. The Morgan fingerprint density at radius 1 is 1.30 bits per heavy atom. The fraction of sp³-hybridized carbons (Fsp3) is 0.294. The molecular weight excluding hydrogens is 365 g/mol. The smallest absolute Gasteiger partial charge is 0.336 e. The summed E-state index contributed by atoms with van der Waals surface area (Å²) in [5, 5.41) is 6.34. The molecule has 0 aliphatic heterocycles. The standard InChI is InChI=1S/C17H15F3N4O3/c1-7(2)11-5-10(13-8(3)24-27-16(13)23-11)14(25)22-12-4-9(17(18,19)20)6-21-15(12)26/h4-7H,1-3H3,(H,21,26)(H,22,25). The Hall–Kier alpha value is -3.17. The Kier molecular flexibility index (Phi) is 4.50. The van der Waals surface area contributed by atoms with Gasteiger partial charge in [0.25, 0.3) is 17.2 Å². The number of halogens is 3. The molecular formula is C17H15F3N4O3. The first-order valence-corrected chi connectivity index (χ1v) is 7.96. The van der Waals surface area contributed by atoms with Gasteiger partial charge >= 0.3 is 6.18 Å². The zero-order chi connectivity index (χ0) is 19.9. The summed E-state index contributed by atoms with van der Waals surface area (Å²) in [5.74, 6) is -0.802. The van der Waals surface area contributed by atoms with Crippen molar-refractivity contribution in [2.45, 2.75) is 32.9 Å². The van der Waals surface area contributed by atoms with Crippen LogP contribution in [-0.4, -0.2) is 21.0 Å². The maximum atomic E-state index is 12.9. The number of pyridine rings is 2. The number of rotatable bonds is 3. The largest absolute Gasteiger partial charge is 0.417 e. The van der Waals surface area contributed by atoms with Crippen molar-refractivity contribution in [3.05, 3.63) is 51.2 Å². The van der Waals surface area contributed by atoms with E-state index in [-0.39, 0.29) is 17.2 Å². The average Bonchev–Trinajstić information content (AvgIpc) is 2.96. The number of hydrogen-bond donors (Lipinski definition) is 2. The number of aromatic amines is 1. The van der Waals surface area contributed by atoms with Gasteiger partial charge in [0.2, 0.25) is 0 Å². The second-order valence-electron chi connectivity index (χ2n) is 6.28. The zero-order valence-corrected chi connectivity index (χ0v) is 14.6.